The molecular weight excluding hydrogens is 528 g/mol. The number of aliphatic hydroxyl groups is 1. The van der Waals surface area contributed by atoms with Gasteiger partial charge in [-0.3, -0.25) is 14.4 Å². The second-order valence-electron chi connectivity index (χ2n) is 12.2. The van der Waals surface area contributed by atoms with E-state index in [2.05, 4.69) is 17.6 Å². The van der Waals surface area contributed by atoms with Crippen molar-refractivity contribution in [2.45, 2.75) is 187 Å². The first kappa shape index (κ1) is 40.4. The predicted molar refractivity (Wildman–Crippen MR) is 174 cm³/mol. The molecule has 3 N–H and O–H groups in total. The Hall–Kier alpha value is -1.63. The van der Waals surface area contributed by atoms with Crippen molar-refractivity contribution in [2.75, 3.05) is 19.7 Å². The van der Waals surface area contributed by atoms with Crippen LogP contribution in [0.5, 0.6) is 0 Å². The molecule has 7 nitrogen and oxygen atoms in total. The molecule has 248 valence electrons. The summed E-state index contributed by atoms with van der Waals surface area (Å²) in [5, 5.41) is 15.6. The third kappa shape index (κ3) is 31.3. The lowest BCUT2D eigenvalue weighted by Gasteiger charge is -2.13. The van der Waals surface area contributed by atoms with Crippen LogP contribution in [-0.2, 0) is 19.1 Å². The highest BCUT2D eigenvalue weighted by atomic mass is 16.5. The number of ether oxygens (including phenoxy) is 1. The van der Waals surface area contributed by atoms with Crippen LogP contribution in [0.1, 0.15) is 181 Å². The Morgan fingerprint density at radius 2 is 0.857 bits per heavy atom. The van der Waals surface area contributed by atoms with E-state index in [1.165, 1.54) is 103 Å². The van der Waals surface area contributed by atoms with Crippen LogP contribution in [0.2, 0.25) is 0 Å². The molecule has 0 aromatic heterocycles. The van der Waals surface area contributed by atoms with Crippen molar-refractivity contribution in [2.24, 2.45) is 0 Å². The Morgan fingerprint density at radius 3 is 1.24 bits per heavy atom. The van der Waals surface area contributed by atoms with Crippen LogP contribution >= 0.6 is 0 Å². The Kier molecular flexibility index (Phi) is 31.0. The summed E-state index contributed by atoms with van der Waals surface area (Å²) >= 11 is 0. The molecule has 0 heterocycles. The lowest BCUT2D eigenvalue weighted by atomic mass is 10.0. The van der Waals surface area contributed by atoms with Crippen molar-refractivity contribution in [1.29, 1.82) is 0 Å². The number of rotatable bonds is 32. The molecule has 1 unspecified atom stereocenters. The zero-order valence-electron chi connectivity index (χ0n) is 27.7. The maximum Gasteiger partial charge on any atom is 0.305 e. The molecule has 0 aromatic rings. The zero-order valence-corrected chi connectivity index (χ0v) is 27.7. The largest absolute Gasteiger partial charge is 0.466 e. The summed E-state index contributed by atoms with van der Waals surface area (Å²) in [4.78, 5) is 35.3. The normalized spacial score (nSPS) is 11.8. The molecule has 0 aliphatic carbocycles. The number of hydrogen-bond acceptors (Lipinski definition) is 5. The summed E-state index contributed by atoms with van der Waals surface area (Å²) in [6, 6.07) is 0. The molecular formula is C35H68N2O5. The van der Waals surface area contributed by atoms with Crippen LogP contribution in [0.15, 0.2) is 0 Å². The van der Waals surface area contributed by atoms with Gasteiger partial charge in [-0.05, 0) is 25.7 Å². The quantitative estimate of drug-likeness (QED) is 0.0535. The molecule has 1 atom stereocenters. The standard InChI is InChI=1S/C35H68N2O5/c1-3-5-6-7-8-14-17-20-23-27-33(39)36-30-32(38)31-37-34(40)28-24-21-18-15-12-10-9-11-13-16-19-22-25-29-42-35(41)26-4-2/h32,38H,3-31H2,1-2H3,(H,36,39)(H,37,40). The topological polar surface area (TPSA) is 105 Å². The van der Waals surface area contributed by atoms with Crippen LogP contribution in [0.3, 0.4) is 0 Å². The van der Waals surface area contributed by atoms with Gasteiger partial charge in [-0.1, -0.05) is 136 Å². The lowest BCUT2D eigenvalue weighted by Crippen LogP contribution is -2.39. The highest BCUT2D eigenvalue weighted by Crippen LogP contribution is 2.13. The van der Waals surface area contributed by atoms with Crippen LogP contribution in [0.25, 0.3) is 0 Å². The minimum atomic E-state index is -0.747. The van der Waals surface area contributed by atoms with Crippen molar-refractivity contribution in [1.82, 2.24) is 10.6 Å². The average molecular weight is 597 g/mol. The smallest absolute Gasteiger partial charge is 0.305 e. The molecule has 7 heteroatoms. The van der Waals surface area contributed by atoms with Crippen molar-refractivity contribution in [3.63, 3.8) is 0 Å². The van der Waals surface area contributed by atoms with Gasteiger partial charge in [0.2, 0.25) is 11.8 Å². The molecule has 0 spiro atoms. The summed E-state index contributed by atoms with van der Waals surface area (Å²) in [7, 11) is 0. The Morgan fingerprint density at radius 1 is 0.500 bits per heavy atom. The van der Waals surface area contributed by atoms with Crippen LogP contribution < -0.4 is 10.6 Å². The summed E-state index contributed by atoms with van der Waals surface area (Å²) in [5.74, 6) is -0.0983. The maximum atomic E-state index is 12.0. The Balaban J connectivity index is 3.38. The van der Waals surface area contributed by atoms with Gasteiger partial charge in [0, 0.05) is 32.4 Å². The van der Waals surface area contributed by atoms with Gasteiger partial charge < -0.3 is 20.5 Å². The van der Waals surface area contributed by atoms with Crippen LogP contribution in [0, 0.1) is 0 Å². The number of nitrogens with one attached hydrogen (secondary N) is 2. The minimum absolute atomic E-state index is 0.0153. The molecule has 2 amide bonds. The molecule has 42 heavy (non-hydrogen) atoms. The Bertz CT molecular complexity index is 629. The van der Waals surface area contributed by atoms with E-state index in [-0.39, 0.29) is 30.9 Å². The van der Waals surface area contributed by atoms with E-state index in [9.17, 15) is 19.5 Å². The molecule has 0 aliphatic heterocycles. The molecule has 0 rings (SSSR count). The fraction of sp³-hybridized carbons (Fsp3) is 0.914. The molecule has 0 saturated heterocycles. The zero-order chi connectivity index (χ0) is 30.9. The van der Waals surface area contributed by atoms with Gasteiger partial charge in [0.1, 0.15) is 0 Å². The fourth-order valence-corrected chi connectivity index (χ4v) is 5.10. The van der Waals surface area contributed by atoms with E-state index in [1.54, 1.807) is 0 Å². The van der Waals surface area contributed by atoms with Crippen molar-refractivity contribution >= 4 is 17.8 Å². The minimum Gasteiger partial charge on any atom is -0.466 e. The van der Waals surface area contributed by atoms with Gasteiger partial charge in [0.15, 0.2) is 0 Å². The first-order chi connectivity index (χ1) is 20.5. The first-order valence-electron chi connectivity index (χ1n) is 17.9. The second-order valence-corrected chi connectivity index (χ2v) is 12.2. The van der Waals surface area contributed by atoms with E-state index < -0.39 is 6.10 Å². The summed E-state index contributed by atoms with van der Waals surface area (Å²) < 4.78 is 5.18. The van der Waals surface area contributed by atoms with Crippen LogP contribution in [-0.4, -0.2) is 48.7 Å². The maximum absolute atomic E-state index is 12.0. The van der Waals surface area contributed by atoms with E-state index in [1.807, 2.05) is 6.92 Å². The van der Waals surface area contributed by atoms with Crippen molar-refractivity contribution < 1.29 is 24.2 Å². The average Bonchev–Trinajstić information content (AvgIpc) is 2.98. The van der Waals surface area contributed by atoms with Gasteiger partial charge in [-0.15, -0.1) is 0 Å². The predicted octanol–water partition coefficient (Wildman–Crippen LogP) is 8.31. The number of unbranched alkanes of at least 4 members (excludes halogenated alkanes) is 20. The number of hydrogen-bond donors (Lipinski definition) is 3. The number of carbonyl (C=O) groups is 3. The highest BCUT2D eigenvalue weighted by molar-refractivity contribution is 5.76. The number of esters is 1. The van der Waals surface area contributed by atoms with E-state index in [0.29, 0.717) is 25.9 Å². The molecule has 0 aromatic carbocycles. The number of carbonyl (C=O) groups excluding carboxylic acids is 3. The third-order valence-corrected chi connectivity index (χ3v) is 7.84. The second kappa shape index (κ2) is 32.3. The van der Waals surface area contributed by atoms with Gasteiger partial charge in [0.05, 0.1) is 12.7 Å². The van der Waals surface area contributed by atoms with Crippen molar-refractivity contribution in [3.05, 3.63) is 0 Å². The molecule has 0 bridgehead atoms. The molecule has 0 fully saturated rings. The molecule has 0 aliphatic rings. The summed E-state index contributed by atoms with van der Waals surface area (Å²) in [5.41, 5.74) is 0. The molecule has 0 radical (unpaired) electrons. The van der Waals surface area contributed by atoms with E-state index in [4.69, 9.17) is 4.74 Å². The van der Waals surface area contributed by atoms with Crippen LogP contribution in [0.4, 0.5) is 0 Å². The fourth-order valence-electron chi connectivity index (χ4n) is 5.10. The summed E-state index contributed by atoms with van der Waals surface area (Å²) in [6.07, 6.45) is 28.1. The Labute approximate surface area is 259 Å². The third-order valence-electron chi connectivity index (χ3n) is 7.84. The van der Waals surface area contributed by atoms with Gasteiger partial charge in [-0.25, -0.2) is 0 Å². The van der Waals surface area contributed by atoms with Crippen molar-refractivity contribution in [3.8, 4) is 0 Å². The summed E-state index contributed by atoms with van der Waals surface area (Å²) in [6.45, 7) is 5.18. The van der Waals surface area contributed by atoms with E-state index >= 15 is 0 Å². The number of amides is 2. The van der Waals surface area contributed by atoms with Gasteiger partial charge in [0.25, 0.3) is 0 Å². The SMILES string of the molecule is CCCCCCCCCCCC(=O)NCC(O)CNC(=O)CCCCCCCCCCCCCCCOC(=O)CCC. The lowest BCUT2D eigenvalue weighted by molar-refractivity contribution is -0.143. The van der Waals surface area contributed by atoms with Gasteiger partial charge in [-0.2, -0.15) is 0 Å². The molecule has 0 saturated carbocycles. The highest BCUT2D eigenvalue weighted by Gasteiger charge is 2.09. The van der Waals surface area contributed by atoms with E-state index in [0.717, 1.165) is 44.9 Å². The van der Waals surface area contributed by atoms with Gasteiger partial charge >= 0.3 is 5.97 Å². The first-order valence-corrected chi connectivity index (χ1v) is 17.9. The monoisotopic (exact) mass is 597 g/mol. The number of aliphatic hydroxyl groups excluding tert-OH is 1.